The minimum absolute atomic E-state index is 0.0584. The van der Waals surface area contributed by atoms with Gasteiger partial charge in [0.15, 0.2) is 0 Å². The molecule has 0 spiro atoms. The smallest absolute Gasteiger partial charge is 0.308 e. The highest BCUT2D eigenvalue weighted by Crippen LogP contribution is 2.04. The topological polar surface area (TPSA) is 74.2 Å². The van der Waals surface area contributed by atoms with Crippen molar-refractivity contribution in [3.8, 4) is 0 Å². The van der Waals surface area contributed by atoms with Gasteiger partial charge in [-0.1, -0.05) is 0 Å². The van der Waals surface area contributed by atoms with E-state index in [1.165, 1.54) is 7.11 Å². The van der Waals surface area contributed by atoms with E-state index in [1.54, 1.807) is 14.0 Å². The second kappa shape index (κ2) is 12.3. The number of aliphatic hydroxyl groups excluding tert-OH is 1. The Morgan fingerprint density at radius 1 is 1.11 bits per heavy atom. The minimum Gasteiger partial charge on any atom is -0.466 e. The lowest BCUT2D eigenvalue weighted by atomic mass is 10.1. The fraction of sp³-hybridized carbons (Fsp3) is 0.923. The molecule has 0 heterocycles. The lowest BCUT2D eigenvalue weighted by Gasteiger charge is -2.17. The van der Waals surface area contributed by atoms with Crippen molar-refractivity contribution in [1.29, 1.82) is 0 Å². The van der Waals surface area contributed by atoms with Crippen molar-refractivity contribution in [2.24, 2.45) is 0 Å². The van der Waals surface area contributed by atoms with Crippen LogP contribution in [0.3, 0.4) is 0 Å². The maximum absolute atomic E-state index is 11.4. The largest absolute Gasteiger partial charge is 0.466 e. The molecule has 0 saturated carbocycles. The summed E-state index contributed by atoms with van der Waals surface area (Å²) in [6, 6.07) is 0. The van der Waals surface area contributed by atoms with Crippen LogP contribution in [0.5, 0.6) is 0 Å². The molecule has 0 saturated heterocycles. The van der Waals surface area contributed by atoms with E-state index in [0.29, 0.717) is 32.8 Å². The summed E-state index contributed by atoms with van der Waals surface area (Å²) < 4.78 is 20.2. The third-order valence-corrected chi connectivity index (χ3v) is 2.54. The van der Waals surface area contributed by atoms with Crippen LogP contribution in [0.25, 0.3) is 0 Å². The summed E-state index contributed by atoms with van der Waals surface area (Å²) in [4.78, 5) is 11.4. The predicted octanol–water partition coefficient (Wildman–Crippen LogP) is 0.759. The molecule has 114 valence electrons. The molecule has 2 atom stereocenters. The zero-order valence-corrected chi connectivity index (χ0v) is 12.1. The molecule has 2 unspecified atom stereocenters. The molecular weight excluding hydrogens is 252 g/mol. The normalized spacial score (nSPS) is 14.1. The van der Waals surface area contributed by atoms with E-state index in [1.807, 2.05) is 0 Å². The van der Waals surface area contributed by atoms with E-state index in [0.717, 1.165) is 6.42 Å². The van der Waals surface area contributed by atoms with Gasteiger partial charge in [0, 0.05) is 40.5 Å². The van der Waals surface area contributed by atoms with Crippen molar-refractivity contribution in [2.45, 2.75) is 38.4 Å². The zero-order valence-electron chi connectivity index (χ0n) is 12.1. The van der Waals surface area contributed by atoms with Gasteiger partial charge in [0.1, 0.15) is 0 Å². The fourth-order valence-electron chi connectivity index (χ4n) is 1.43. The Balaban J connectivity index is 3.43. The molecule has 0 rings (SSSR count). The monoisotopic (exact) mass is 278 g/mol. The first kappa shape index (κ1) is 18.3. The summed E-state index contributed by atoms with van der Waals surface area (Å²) in [5.41, 5.74) is 0. The predicted molar refractivity (Wildman–Crippen MR) is 70.0 cm³/mol. The van der Waals surface area contributed by atoms with Gasteiger partial charge in [-0.3, -0.25) is 4.79 Å². The minimum atomic E-state index is -0.693. The molecule has 0 aromatic rings. The maximum atomic E-state index is 11.4. The van der Waals surface area contributed by atoms with Crippen LogP contribution in [0.2, 0.25) is 0 Å². The average Bonchev–Trinajstić information content (AvgIpc) is 2.38. The van der Waals surface area contributed by atoms with Crippen molar-refractivity contribution in [2.75, 3.05) is 40.6 Å². The number of rotatable bonds is 12. The Labute approximate surface area is 115 Å². The van der Waals surface area contributed by atoms with Gasteiger partial charge < -0.3 is 24.1 Å². The van der Waals surface area contributed by atoms with Gasteiger partial charge in [0.05, 0.1) is 25.2 Å². The van der Waals surface area contributed by atoms with Gasteiger partial charge in [-0.25, -0.2) is 0 Å². The molecule has 0 amide bonds. The number of carbonyl (C=O) groups excluding carboxylic acids is 1. The first-order chi connectivity index (χ1) is 9.11. The van der Waals surface area contributed by atoms with Crippen LogP contribution in [-0.4, -0.2) is 63.9 Å². The summed E-state index contributed by atoms with van der Waals surface area (Å²) in [5.74, 6) is -0.368. The SMILES string of the molecule is COCCCOCCCOC(=O)CC(OC)C(C)O. The molecule has 0 aliphatic rings. The molecule has 0 radical (unpaired) electrons. The highest BCUT2D eigenvalue weighted by Gasteiger charge is 2.18. The third kappa shape index (κ3) is 10.9. The number of methoxy groups -OCH3 is 2. The molecule has 6 heteroatoms. The molecule has 1 N–H and O–H groups in total. The van der Waals surface area contributed by atoms with Gasteiger partial charge in [-0.05, 0) is 13.3 Å². The summed E-state index contributed by atoms with van der Waals surface area (Å²) >= 11 is 0. The van der Waals surface area contributed by atoms with Gasteiger partial charge in [0.25, 0.3) is 0 Å². The van der Waals surface area contributed by atoms with Crippen LogP contribution in [0.1, 0.15) is 26.2 Å². The van der Waals surface area contributed by atoms with Crippen LogP contribution >= 0.6 is 0 Å². The molecule has 0 aliphatic carbocycles. The van der Waals surface area contributed by atoms with E-state index in [2.05, 4.69) is 0 Å². The van der Waals surface area contributed by atoms with E-state index in [-0.39, 0.29) is 12.4 Å². The lowest BCUT2D eigenvalue weighted by molar-refractivity contribution is -0.148. The highest BCUT2D eigenvalue weighted by atomic mass is 16.5. The van der Waals surface area contributed by atoms with Gasteiger partial charge in [0.2, 0.25) is 0 Å². The fourth-order valence-corrected chi connectivity index (χ4v) is 1.43. The van der Waals surface area contributed by atoms with Crippen LogP contribution in [0.4, 0.5) is 0 Å². The van der Waals surface area contributed by atoms with Gasteiger partial charge in [-0.2, -0.15) is 0 Å². The second-order valence-corrected chi connectivity index (χ2v) is 4.25. The van der Waals surface area contributed by atoms with Crippen molar-refractivity contribution in [1.82, 2.24) is 0 Å². The van der Waals surface area contributed by atoms with Crippen molar-refractivity contribution in [3.63, 3.8) is 0 Å². The summed E-state index contributed by atoms with van der Waals surface area (Å²) in [7, 11) is 3.11. The Bertz CT molecular complexity index is 219. The number of esters is 1. The van der Waals surface area contributed by atoms with E-state index in [4.69, 9.17) is 18.9 Å². The van der Waals surface area contributed by atoms with E-state index in [9.17, 15) is 9.90 Å². The van der Waals surface area contributed by atoms with Crippen molar-refractivity contribution >= 4 is 5.97 Å². The molecule has 0 aromatic heterocycles. The Kier molecular flexibility index (Phi) is 11.9. The first-order valence-corrected chi connectivity index (χ1v) is 6.55. The van der Waals surface area contributed by atoms with Crippen LogP contribution in [0, 0.1) is 0 Å². The first-order valence-electron chi connectivity index (χ1n) is 6.55. The van der Waals surface area contributed by atoms with Crippen molar-refractivity contribution < 1.29 is 28.8 Å². The average molecular weight is 278 g/mol. The van der Waals surface area contributed by atoms with Crippen LogP contribution in [-0.2, 0) is 23.7 Å². The summed E-state index contributed by atoms with van der Waals surface area (Å²) in [6.45, 7) is 3.79. The molecule has 0 aliphatic heterocycles. The quantitative estimate of drug-likeness (QED) is 0.419. The highest BCUT2D eigenvalue weighted by molar-refractivity contribution is 5.70. The number of hydrogen-bond donors (Lipinski definition) is 1. The number of carbonyl (C=O) groups is 1. The van der Waals surface area contributed by atoms with Gasteiger partial charge >= 0.3 is 5.97 Å². The van der Waals surface area contributed by atoms with E-state index >= 15 is 0 Å². The molecule has 0 fully saturated rings. The maximum Gasteiger partial charge on any atom is 0.308 e. The van der Waals surface area contributed by atoms with Crippen LogP contribution in [0.15, 0.2) is 0 Å². The zero-order chi connectivity index (χ0) is 14.5. The Morgan fingerprint density at radius 2 is 1.74 bits per heavy atom. The third-order valence-electron chi connectivity index (χ3n) is 2.54. The molecule has 0 bridgehead atoms. The number of ether oxygens (including phenoxy) is 4. The summed E-state index contributed by atoms with van der Waals surface area (Å²) in [5, 5.41) is 9.31. The van der Waals surface area contributed by atoms with Crippen molar-refractivity contribution in [3.05, 3.63) is 0 Å². The van der Waals surface area contributed by atoms with Gasteiger partial charge in [-0.15, -0.1) is 0 Å². The molecule has 6 nitrogen and oxygen atoms in total. The molecule has 0 aromatic carbocycles. The summed E-state index contributed by atoms with van der Waals surface area (Å²) in [6.07, 6.45) is 0.369. The Hall–Kier alpha value is -0.690. The molecule has 19 heavy (non-hydrogen) atoms. The van der Waals surface area contributed by atoms with E-state index < -0.39 is 12.2 Å². The molecular formula is C13H26O6. The Morgan fingerprint density at radius 3 is 2.26 bits per heavy atom. The second-order valence-electron chi connectivity index (χ2n) is 4.25. The van der Waals surface area contributed by atoms with Crippen LogP contribution < -0.4 is 0 Å². The lowest BCUT2D eigenvalue weighted by Crippen LogP contribution is -2.28. The number of aliphatic hydroxyl groups is 1. The standard InChI is InChI=1S/C13H26O6/c1-11(14)12(17-3)10-13(15)19-9-5-8-18-7-4-6-16-2/h11-12,14H,4-10H2,1-3H3. The number of hydrogen-bond acceptors (Lipinski definition) is 6.